The fourth-order valence-electron chi connectivity index (χ4n) is 2.27. The summed E-state index contributed by atoms with van der Waals surface area (Å²) in [4.78, 5) is 7.07. The highest BCUT2D eigenvalue weighted by Crippen LogP contribution is 2.26. The number of rotatable bonds is 4. The summed E-state index contributed by atoms with van der Waals surface area (Å²) in [5, 5.41) is 3.34. The van der Waals surface area contributed by atoms with Gasteiger partial charge in [0.05, 0.1) is 0 Å². The Balaban J connectivity index is 2.06. The van der Waals surface area contributed by atoms with Crippen LogP contribution in [-0.2, 0) is 0 Å². The van der Waals surface area contributed by atoms with Crippen LogP contribution in [0.15, 0.2) is 18.2 Å². The number of nitrogens with one attached hydrogen (secondary N) is 1. The minimum absolute atomic E-state index is 0.768. The Morgan fingerprint density at radius 3 is 2.65 bits per heavy atom. The second-order valence-corrected chi connectivity index (χ2v) is 5.17. The number of nitrogens with zero attached hydrogens (tertiary/aromatic N) is 2. The van der Waals surface area contributed by atoms with E-state index in [1.165, 1.54) is 0 Å². The zero-order valence-corrected chi connectivity index (χ0v) is 11.1. The van der Waals surface area contributed by atoms with Crippen LogP contribution in [0.1, 0.15) is 27.2 Å². The Morgan fingerprint density at radius 2 is 2.00 bits per heavy atom. The van der Waals surface area contributed by atoms with Gasteiger partial charge >= 0.3 is 0 Å². The van der Waals surface area contributed by atoms with E-state index in [2.05, 4.69) is 48.1 Å². The van der Waals surface area contributed by atoms with E-state index in [4.69, 9.17) is 0 Å². The molecule has 0 aromatic carbocycles. The predicted molar refractivity (Wildman–Crippen MR) is 73.6 cm³/mol. The molecule has 1 aliphatic rings. The van der Waals surface area contributed by atoms with Crippen molar-refractivity contribution in [2.75, 3.05) is 29.9 Å². The molecule has 1 saturated heterocycles. The van der Waals surface area contributed by atoms with Crippen LogP contribution in [-0.4, -0.2) is 24.6 Å². The van der Waals surface area contributed by atoms with Crippen molar-refractivity contribution in [1.29, 1.82) is 0 Å². The number of hydrogen-bond donors (Lipinski definition) is 1. The molecule has 0 aliphatic carbocycles. The molecule has 2 atom stereocenters. The van der Waals surface area contributed by atoms with Crippen molar-refractivity contribution in [3.05, 3.63) is 18.2 Å². The van der Waals surface area contributed by atoms with Crippen molar-refractivity contribution < 1.29 is 0 Å². The molecule has 0 spiro atoms. The van der Waals surface area contributed by atoms with Gasteiger partial charge in [-0.2, -0.15) is 0 Å². The number of anilines is 2. The lowest BCUT2D eigenvalue weighted by Crippen LogP contribution is -2.21. The molecule has 0 amide bonds. The molecule has 0 saturated carbocycles. The molecule has 3 nitrogen and oxygen atoms in total. The first-order valence-electron chi connectivity index (χ1n) is 6.66. The maximum Gasteiger partial charge on any atom is 0.130 e. The van der Waals surface area contributed by atoms with Crippen LogP contribution in [0.2, 0.25) is 0 Å². The third-order valence-electron chi connectivity index (χ3n) is 3.60. The van der Waals surface area contributed by atoms with E-state index in [-0.39, 0.29) is 0 Å². The van der Waals surface area contributed by atoms with E-state index < -0.39 is 0 Å². The Labute approximate surface area is 104 Å². The average Bonchev–Trinajstić information content (AvgIpc) is 2.68. The second kappa shape index (κ2) is 5.39. The van der Waals surface area contributed by atoms with E-state index >= 15 is 0 Å². The smallest absolute Gasteiger partial charge is 0.130 e. The molecule has 2 unspecified atom stereocenters. The Bertz CT molecular complexity index is 354. The van der Waals surface area contributed by atoms with Crippen molar-refractivity contribution in [2.45, 2.75) is 27.2 Å². The predicted octanol–water partition coefficient (Wildman–Crippen LogP) is 3.00. The van der Waals surface area contributed by atoms with Gasteiger partial charge in [0.25, 0.3) is 0 Å². The molecular formula is C14H23N3. The van der Waals surface area contributed by atoms with Crippen LogP contribution < -0.4 is 10.2 Å². The standard InChI is InChI=1S/C14H23N3/c1-4-8-15-13-6-5-7-14(16-13)17-9-11(2)12(3)10-17/h5-7,11-12H,4,8-10H2,1-3H3,(H,15,16). The van der Waals surface area contributed by atoms with Crippen molar-refractivity contribution in [3.63, 3.8) is 0 Å². The lowest BCUT2D eigenvalue weighted by Gasteiger charge is -2.18. The summed E-state index contributed by atoms with van der Waals surface area (Å²) in [6.45, 7) is 10.1. The Kier molecular flexibility index (Phi) is 3.87. The van der Waals surface area contributed by atoms with Gasteiger partial charge in [0.2, 0.25) is 0 Å². The molecule has 17 heavy (non-hydrogen) atoms. The van der Waals surface area contributed by atoms with E-state index in [9.17, 15) is 0 Å². The highest BCUT2D eigenvalue weighted by Gasteiger charge is 2.26. The van der Waals surface area contributed by atoms with Gasteiger partial charge in [0.15, 0.2) is 0 Å². The molecular weight excluding hydrogens is 210 g/mol. The van der Waals surface area contributed by atoms with Gasteiger partial charge in [-0.25, -0.2) is 4.98 Å². The minimum Gasteiger partial charge on any atom is -0.370 e. The van der Waals surface area contributed by atoms with Crippen LogP contribution >= 0.6 is 0 Å². The zero-order chi connectivity index (χ0) is 12.3. The fraction of sp³-hybridized carbons (Fsp3) is 0.643. The van der Waals surface area contributed by atoms with Crippen molar-refractivity contribution in [3.8, 4) is 0 Å². The Hall–Kier alpha value is -1.25. The van der Waals surface area contributed by atoms with Gasteiger partial charge in [0.1, 0.15) is 11.6 Å². The van der Waals surface area contributed by atoms with Crippen molar-refractivity contribution in [1.82, 2.24) is 4.98 Å². The molecule has 1 aromatic heterocycles. The average molecular weight is 233 g/mol. The number of aromatic nitrogens is 1. The van der Waals surface area contributed by atoms with Crippen LogP contribution in [0.4, 0.5) is 11.6 Å². The van der Waals surface area contributed by atoms with Crippen LogP contribution in [0.25, 0.3) is 0 Å². The van der Waals surface area contributed by atoms with Gasteiger partial charge < -0.3 is 10.2 Å². The minimum atomic E-state index is 0.768. The van der Waals surface area contributed by atoms with Gasteiger partial charge in [-0.3, -0.25) is 0 Å². The number of pyridine rings is 1. The van der Waals surface area contributed by atoms with E-state index in [0.29, 0.717) is 0 Å². The molecule has 94 valence electrons. The van der Waals surface area contributed by atoms with E-state index in [1.807, 2.05) is 6.07 Å². The first kappa shape index (κ1) is 12.2. The summed E-state index contributed by atoms with van der Waals surface area (Å²) < 4.78 is 0. The van der Waals surface area contributed by atoms with Crippen LogP contribution in [0.5, 0.6) is 0 Å². The molecule has 0 bridgehead atoms. The highest BCUT2D eigenvalue weighted by molar-refractivity contribution is 5.47. The quantitative estimate of drug-likeness (QED) is 0.866. The normalized spacial score (nSPS) is 24.1. The first-order chi connectivity index (χ1) is 8.20. The summed E-state index contributed by atoms with van der Waals surface area (Å²) in [6.07, 6.45) is 1.13. The third-order valence-corrected chi connectivity index (χ3v) is 3.60. The molecule has 0 radical (unpaired) electrons. The Morgan fingerprint density at radius 1 is 1.29 bits per heavy atom. The first-order valence-corrected chi connectivity index (χ1v) is 6.66. The maximum atomic E-state index is 4.68. The molecule has 3 heteroatoms. The molecule has 2 rings (SSSR count). The van der Waals surface area contributed by atoms with Gasteiger partial charge in [-0.1, -0.05) is 26.8 Å². The summed E-state index contributed by atoms with van der Waals surface area (Å²) in [5.41, 5.74) is 0. The number of hydrogen-bond acceptors (Lipinski definition) is 3. The maximum absolute atomic E-state index is 4.68. The van der Waals surface area contributed by atoms with E-state index in [1.54, 1.807) is 0 Å². The summed E-state index contributed by atoms with van der Waals surface area (Å²) in [7, 11) is 0. The van der Waals surface area contributed by atoms with Gasteiger partial charge in [-0.15, -0.1) is 0 Å². The summed E-state index contributed by atoms with van der Waals surface area (Å²) >= 11 is 0. The zero-order valence-electron chi connectivity index (χ0n) is 11.1. The molecule has 1 N–H and O–H groups in total. The monoisotopic (exact) mass is 233 g/mol. The summed E-state index contributed by atoms with van der Waals surface area (Å²) in [6, 6.07) is 6.25. The third kappa shape index (κ3) is 2.90. The second-order valence-electron chi connectivity index (χ2n) is 5.17. The topological polar surface area (TPSA) is 28.2 Å². The fourth-order valence-corrected chi connectivity index (χ4v) is 2.27. The van der Waals surface area contributed by atoms with Gasteiger partial charge in [0, 0.05) is 19.6 Å². The molecule has 1 aromatic rings. The lowest BCUT2D eigenvalue weighted by atomic mass is 10.0. The van der Waals surface area contributed by atoms with Gasteiger partial charge in [-0.05, 0) is 30.4 Å². The molecule has 1 fully saturated rings. The molecule has 2 heterocycles. The van der Waals surface area contributed by atoms with Crippen molar-refractivity contribution >= 4 is 11.6 Å². The SMILES string of the molecule is CCCNc1cccc(N2CC(C)C(C)C2)n1. The van der Waals surface area contributed by atoms with Crippen molar-refractivity contribution in [2.24, 2.45) is 11.8 Å². The lowest BCUT2D eigenvalue weighted by molar-refractivity contribution is 0.494. The summed E-state index contributed by atoms with van der Waals surface area (Å²) in [5.74, 6) is 3.65. The van der Waals surface area contributed by atoms with Crippen LogP contribution in [0.3, 0.4) is 0 Å². The van der Waals surface area contributed by atoms with E-state index in [0.717, 1.165) is 49.5 Å². The highest BCUT2D eigenvalue weighted by atomic mass is 15.2. The largest absolute Gasteiger partial charge is 0.370 e. The van der Waals surface area contributed by atoms with Crippen LogP contribution in [0, 0.1) is 11.8 Å². The molecule has 1 aliphatic heterocycles.